The second-order valence-corrected chi connectivity index (χ2v) is 5.37. The minimum Gasteiger partial charge on any atom is -0.456 e. The summed E-state index contributed by atoms with van der Waals surface area (Å²) in [6.07, 6.45) is 1.86. The highest BCUT2D eigenvalue weighted by atomic mass is 16.3. The lowest BCUT2D eigenvalue weighted by atomic mass is 9.96. The van der Waals surface area contributed by atoms with Gasteiger partial charge in [0.15, 0.2) is 0 Å². The Morgan fingerprint density at radius 1 is 0.850 bits per heavy atom. The van der Waals surface area contributed by atoms with Gasteiger partial charge in [0.2, 0.25) is 0 Å². The number of hydrogen-bond acceptors (Lipinski definition) is 2. The van der Waals surface area contributed by atoms with Crippen molar-refractivity contribution in [2.24, 2.45) is 0 Å². The summed E-state index contributed by atoms with van der Waals surface area (Å²) >= 11 is 0. The Bertz CT molecular complexity index is 1100. The Morgan fingerprint density at radius 3 is 2.65 bits per heavy atom. The number of rotatable bonds is 0. The third-order valence-corrected chi connectivity index (χ3v) is 4.10. The number of benzene rings is 3. The Morgan fingerprint density at radius 2 is 1.70 bits per heavy atom. The lowest BCUT2D eigenvalue weighted by molar-refractivity contribution is 0.669. The van der Waals surface area contributed by atoms with Gasteiger partial charge in [-0.2, -0.15) is 0 Å². The van der Waals surface area contributed by atoms with Gasteiger partial charge in [-0.1, -0.05) is 18.2 Å². The summed E-state index contributed by atoms with van der Waals surface area (Å²) in [6, 6.07) is 14.7. The Kier molecular flexibility index (Phi) is 1.68. The molecule has 2 aromatic heterocycles. The van der Waals surface area contributed by atoms with Gasteiger partial charge in [-0.05, 0) is 42.1 Å². The van der Waals surface area contributed by atoms with E-state index in [0.29, 0.717) is 0 Å². The zero-order valence-electron chi connectivity index (χ0n) is 11.0. The van der Waals surface area contributed by atoms with Gasteiger partial charge < -0.3 is 4.42 Å². The van der Waals surface area contributed by atoms with Crippen molar-refractivity contribution in [1.29, 1.82) is 0 Å². The molecule has 0 fully saturated rings. The van der Waals surface area contributed by atoms with E-state index in [2.05, 4.69) is 42.2 Å². The molecule has 2 nitrogen and oxygen atoms in total. The SMILES string of the molecule is Cc1cc2oc3cccc4c5cccnc5c(c1)c2c34. The predicted molar refractivity (Wildman–Crippen MR) is 82.5 cm³/mol. The zero-order chi connectivity index (χ0) is 13.3. The first-order valence-corrected chi connectivity index (χ1v) is 6.74. The van der Waals surface area contributed by atoms with Gasteiger partial charge in [0.25, 0.3) is 0 Å². The van der Waals surface area contributed by atoms with Crippen LogP contribution in [0.1, 0.15) is 5.56 Å². The first-order chi connectivity index (χ1) is 9.83. The van der Waals surface area contributed by atoms with E-state index in [1.165, 1.54) is 32.5 Å². The Balaban J connectivity index is 2.32. The molecule has 5 aromatic rings. The van der Waals surface area contributed by atoms with Crippen molar-refractivity contribution in [1.82, 2.24) is 4.98 Å². The monoisotopic (exact) mass is 257 g/mol. The lowest BCUT2D eigenvalue weighted by Crippen LogP contribution is -1.85. The Hall–Kier alpha value is -2.61. The largest absolute Gasteiger partial charge is 0.456 e. The van der Waals surface area contributed by atoms with Gasteiger partial charge in [-0.3, -0.25) is 4.98 Å². The molecule has 0 atom stereocenters. The van der Waals surface area contributed by atoms with Gasteiger partial charge in [-0.15, -0.1) is 0 Å². The van der Waals surface area contributed by atoms with E-state index >= 15 is 0 Å². The fraction of sp³-hybridized carbons (Fsp3) is 0.0556. The second kappa shape index (κ2) is 3.28. The van der Waals surface area contributed by atoms with E-state index < -0.39 is 0 Å². The Labute approximate surface area is 115 Å². The summed E-state index contributed by atoms with van der Waals surface area (Å²) in [5.74, 6) is 0. The highest BCUT2D eigenvalue weighted by Gasteiger charge is 2.17. The van der Waals surface area contributed by atoms with Crippen LogP contribution in [-0.2, 0) is 0 Å². The van der Waals surface area contributed by atoms with Gasteiger partial charge in [0.05, 0.1) is 5.52 Å². The van der Waals surface area contributed by atoms with Gasteiger partial charge >= 0.3 is 0 Å². The van der Waals surface area contributed by atoms with Gasteiger partial charge in [0.1, 0.15) is 11.2 Å². The number of hydrogen-bond donors (Lipinski definition) is 0. The number of furan rings is 1. The normalized spacial score (nSPS) is 12.2. The topological polar surface area (TPSA) is 26.0 Å². The fourth-order valence-corrected chi connectivity index (χ4v) is 3.33. The maximum Gasteiger partial charge on any atom is 0.136 e. The molecule has 3 aromatic carbocycles. The molecule has 0 amide bonds. The van der Waals surface area contributed by atoms with Crippen LogP contribution in [0, 0.1) is 6.92 Å². The number of nitrogens with zero attached hydrogens (tertiary/aromatic N) is 1. The second-order valence-electron chi connectivity index (χ2n) is 5.37. The first-order valence-electron chi connectivity index (χ1n) is 6.74. The van der Waals surface area contributed by atoms with Crippen molar-refractivity contribution < 1.29 is 4.42 Å². The van der Waals surface area contributed by atoms with Gasteiger partial charge in [0, 0.05) is 27.7 Å². The smallest absolute Gasteiger partial charge is 0.136 e. The number of aryl methyl sites for hydroxylation is 1. The quantitative estimate of drug-likeness (QED) is 0.363. The summed E-state index contributed by atoms with van der Waals surface area (Å²) < 4.78 is 6.04. The third-order valence-electron chi connectivity index (χ3n) is 4.10. The van der Waals surface area contributed by atoms with E-state index in [9.17, 15) is 0 Å². The van der Waals surface area contributed by atoms with Crippen molar-refractivity contribution >= 4 is 43.6 Å². The average molecular weight is 257 g/mol. The molecule has 5 rings (SSSR count). The van der Waals surface area contributed by atoms with E-state index in [4.69, 9.17) is 4.42 Å². The molecule has 0 aliphatic carbocycles. The molecule has 0 N–H and O–H groups in total. The summed E-state index contributed by atoms with van der Waals surface area (Å²) in [4.78, 5) is 4.61. The van der Waals surface area contributed by atoms with Crippen LogP contribution in [0.3, 0.4) is 0 Å². The molecule has 0 radical (unpaired) electrons. The standard InChI is InChI=1S/C18H11NO/c1-10-8-13-17-15(9-10)20-14-6-2-4-11(16(14)17)12-5-3-7-19-18(12)13/h2-9H,1H3. The molecule has 0 aliphatic heterocycles. The summed E-state index contributed by atoms with van der Waals surface area (Å²) in [5, 5.41) is 6.03. The minimum atomic E-state index is 0.957. The van der Waals surface area contributed by atoms with Crippen molar-refractivity contribution in [2.45, 2.75) is 6.92 Å². The van der Waals surface area contributed by atoms with E-state index in [0.717, 1.165) is 16.7 Å². The molecule has 20 heavy (non-hydrogen) atoms. The van der Waals surface area contributed by atoms with E-state index in [1.807, 2.05) is 18.3 Å². The van der Waals surface area contributed by atoms with Crippen molar-refractivity contribution in [3.63, 3.8) is 0 Å². The average Bonchev–Trinajstić information content (AvgIpc) is 2.84. The molecular formula is C18H11NO. The maximum atomic E-state index is 6.04. The van der Waals surface area contributed by atoms with Crippen LogP contribution in [0.4, 0.5) is 0 Å². The molecule has 0 saturated carbocycles. The third kappa shape index (κ3) is 1.08. The molecule has 0 bridgehead atoms. The van der Waals surface area contributed by atoms with Crippen molar-refractivity contribution in [3.8, 4) is 0 Å². The first kappa shape index (κ1) is 10.2. The zero-order valence-corrected chi connectivity index (χ0v) is 11.0. The van der Waals surface area contributed by atoms with Crippen LogP contribution >= 0.6 is 0 Å². The minimum absolute atomic E-state index is 0.957. The summed E-state index contributed by atoms with van der Waals surface area (Å²) in [6.45, 7) is 2.10. The molecule has 2 heterocycles. The molecule has 0 aliphatic rings. The maximum absolute atomic E-state index is 6.04. The number of aromatic nitrogens is 1. The molecule has 0 unspecified atom stereocenters. The van der Waals surface area contributed by atoms with Gasteiger partial charge in [-0.25, -0.2) is 0 Å². The molecular weight excluding hydrogens is 246 g/mol. The molecule has 2 heteroatoms. The number of fused-ring (bicyclic) bond motifs is 3. The highest BCUT2D eigenvalue weighted by molar-refractivity contribution is 6.32. The number of pyridine rings is 1. The van der Waals surface area contributed by atoms with Crippen LogP contribution in [0.2, 0.25) is 0 Å². The highest BCUT2D eigenvalue weighted by Crippen LogP contribution is 2.41. The summed E-state index contributed by atoms with van der Waals surface area (Å²) in [5.41, 5.74) is 4.17. The predicted octanol–water partition coefficient (Wildman–Crippen LogP) is 5.03. The lowest BCUT2D eigenvalue weighted by Gasteiger charge is -2.07. The summed E-state index contributed by atoms with van der Waals surface area (Å²) in [7, 11) is 0. The molecule has 0 saturated heterocycles. The van der Waals surface area contributed by atoms with Crippen LogP contribution in [0.15, 0.2) is 53.1 Å². The van der Waals surface area contributed by atoms with Crippen molar-refractivity contribution in [3.05, 3.63) is 54.2 Å². The fourth-order valence-electron chi connectivity index (χ4n) is 3.33. The molecule has 94 valence electrons. The van der Waals surface area contributed by atoms with Crippen LogP contribution in [0.5, 0.6) is 0 Å². The van der Waals surface area contributed by atoms with E-state index in [-0.39, 0.29) is 0 Å². The molecule has 0 spiro atoms. The van der Waals surface area contributed by atoms with Crippen LogP contribution in [0.25, 0.3) is 43.6 Å². The van der Waals surface area contributed by atoms with E-state index in [1.54, 1.807) is 0 Å². The van der Waals surface area contributed by atoms with Crippen molar-refractivity contribution in [2.75, 3.05) is 0 Å². The van der Waals surface area contributed by atoms with Crippen LogP contribution in [-0.4, -0.2) is 4.98 Å². The van der Waals surface area contributed by atoms with Crippen LogP contribution < -0.4 is 0 Å².